The zero-order valence-electron chi connectivity index (χ0n) is 62.8. The Hall–Kier alpha value is -5.26. The molecule has 0 aromatic heterocycles. The van der Waals surface area contributed by atoms with E-state index in [0.29, 0.717) is 38.4 Å². The highest BCUT2D eigenvalue weighted by Gasteiger charge is 2.46. The van der Waals surface area contributed by atoms with Crippen LogP contribution in [-0.2, 0) is 57.5 Å². The summed E-state index contributed by atoms with van der Waals surface area (Å²) in [5.41, 5.74) is 0. The number of carbonyl (C=O) groups is 11. The summed E-state index contributed by atoms with van der Waals surface area (Å²) in [7, 11) is 10.4. The second-order valence-corrected chi connectivity index (χ2v) is 30.9. The number of allylic oxidation sites excluding steroid dienone is 2. The first-order valence-electron chi connectivity index (χ1n) is 35.2. The highest BCUT2D eigenvalue weighted by Crippen LogP contribution is 2.31. The van der Waals surface area contributed by atoms with Gasteiger partial charge in [-0.15, -0.1) is 11.8 Å². The van der Waals surface area contributed by atoms with Gasteiger partial charge < -0.3 is 49.5 Å². The molecule has 0 bridgehead atoms. The van der Waals surface area contributed by atoms with Crippen molar-refractivity contribution in [1.82, 2.24) is 44.5 Å². The summed E-state index contributed by atoms with van der Waals surface area (Å²) in [5.74, 6) is -10.5. The zero-order valence-corrected chi connectivity index (χ0v) is 63.6. The summed E-state index contributed by atoms with van der Waals surface area (Å²) >= 11 is 1.25. The zero-order chi connectivity index (χ0) is 72.8. The third kappa shape index (κ3) is 24.9. The second-order valence-electron chi connectivity index (χ2n) is 29.8. The smallest absolute Gasteiger partial charge is 0.256 e. The van der Waals surface area contributed by atoms with Gasteiger partial charge >= 0.3 is 0 Å². The number of nitrogens with one attached hydrogen (secondary N) is 1. The number of hydrogen-bond acceptors (Lipinski definition) is 15. The van der Waals surface area contributed by atoms with E-state index in [-0.39, 0.29) is 74.4 Å². The van der Waals surface area contributed by atoms with Gasteiger partial charge in [0.15, 0.2) is 22.7 Å². The first kappa shape index (κ1) is 85.8. The summed E-state index contributed by atoms with van der Waals surface area (Å²) in [6.45, 7) is 34.2. The van der Waals surface area contributed by atoms with Crippen LogP contribution in [0.15, 0.2) is 12.2 Å². The Morgan fingerprint density at radius 3 is 1.45 bits per heavy atom. The van der Waals surface area contributed by atoms with Crippen molar-refractivity contribution < 1.29 is 62.6 Å². The molecule has 0 spiro atoms. The molecule has 23 heteroatoms. The molecule has 0 aromatic carbocycles. The molecule has 544 valence electrons. The molecule has 13 atom stereocenters. The van der Waals surface area contributed by atoms with Crippen molar-refractivity contribution in [1.29, 1.82) is 0 Å². The van der Waals surface area contributed by atoms with Crippen LogP contribution >= 0.6 is 11.8 Å². The van der Waals surface area contributed by atoms with Crippen LogP contribution < -0.4 is 5.32 Å². The molecule has 0 aliphatic carbocycles. The molecule has 8 amide bonds. The number of aliphatic hydroxyl groups excluding tert-OH is 1. The van der Waals surface area contributed by atoms with E-state index in [4.69, 9.17) is 4.74 Å². The number of rotatable bonds is 20. The lowest BCUT2D eigenvalue weighted by atomic mass is 9.84. The van der Waals surface area contributed by atoms with E-state index in [1.165, 1.54) is 102 Å². The number of morpholine rings is 1. The molecule has 0 unspecified atom stereocenters. The van der Waals surface area contributed by atoms with Gasteiger partial charge in [-0.3, -0.25) is 57.6 Å². The fourth-order valence-electron chi connectivity index (χ4n) is 13.0. The number of amides is 8. The molecule has 2 fully saturated rings. The minimum Gasteiger partial charge on any atom is -0.390 e. The maximum Gasteiger partial charge on any atom is 0.256 e. The van der Waals surface area contributed by atoms with Crippen LogP contribution in [0.5, 0.6) is 0 Å². The van der Waals surface area contributed by atoms with E-state index in [9.17, 15) is 24.3 Å². The Bertz CT molecular complexity index is 2570. The van der Waals surface area contributed by atoms with E-state index in [0.717, 1.165) is 13.1 Å². The number of hydrogen-bond donors (Lipinski definition) is 2. The summed E-state index contributed by atoms with van der Waals surface area (Å²) < 4.78 is 5.57. The third-order valence-corrected chi connectivity index (χ3v) is 20.5. The summed E-state index contributed by atoms with van der Waals surface area (Å²) in [6.07, 6.45) is 3.13. The van der Waals surface area contributed by atoms with Crippen molar-refractivity contribution in [3.8, 4) is 0 Å². The predicted octanol–water partition coefficient (Wildman–Crippen LogP) is 7.32. The molecule has 0 radical (unpaired) electrons. The molecule has 95 heavy (non-hydrogen) atoms. The SMILES string of the molecule is C/C=C/C[C@@H](C)[C@@H](O)[C@@H]1C(=O)C[C@H](CC)C(=O)N(C)[C@H](SCCCN2CCOCC2)C(=O)N(C)[C@@H](CC(C)C)C(=O)C[C@H](C(C)C)C(=O)N(C)[C@H](CC(C)C)C(=O)C[C@H](C)C(=O)N[C@@H](C)C(=O)N(C)[C@H](CC(C)C)C(=O)N(C)[C@@H](CC(C)C)C(=O)N(C)[C@H](C(C)C)C(=O)N1C. The molecule has 0 saturated carbocycles. The van der Waals surface area contributed by atoms with Crippen molar-refractivity contribution in [2.24, 2.45) is 59.2 Å². The van der Waals surface area contributed by atoms with Gasteiger partial charge in [0.05, 0.1) is 31.4 Å². The van der Waals surface area contributed by atoms with Crippen LogP contribution in [0, 0.1) is 59.2 Å². The van der Waals surface area contributed by atoms with E-state index < -0.39 is 155 Å². The lowest BCUT2D eigenvalue weighted by Gasteiger charge is -2.41. The Morgan fingerprint density at radius 1 is 0.526 bits per heavy atom. The van der Waals surface area contributed by atoms with Crippen molar-refractivity contribution in [2.45, 2.75) is 236 Å². The van der Waals surface area contributed by atoms with Crippen LogP contribution in [0.2, 0.25) is 0 Å². The molecule has 0 aromatic rings. The fraction of sp³-hybridized carbons (Fsp3) is 0.819. The summed E-state index contributed by atoms with van der Waals surface area (Å²) in [5, 5.41) is 14.0. The Kier molecular flexibility index (Phi) is 36.7. The largest absolute Gasteiger partial charge is 0.390 e. The first-order valence-corrected chi connectivity index (χ1v) is 36.2. The van der Waals surface area contributed by atoms with Gasteiger partial charge in [-0.1, -0.05) is 116 Å². The molecular weight excluding hydrogens is 1230 g/mol. The Labute approximate surface area is 575 Å². The topological polar surface area (TPSA) is 255 Å². The number of nitrogens with zero attached hydrogens (tertiary/aromatic N) is 8. The maximum absolute atomic E-state index is 15.5. The quantitative estimate of drug-likeness (QED) is 0.0894. The van der Waals surface area contributed by atoms with Crippen LogP contribution in [0.1, 0.15) is 182 Å². The van der Waals surface area contributed by atoms with Crippen LogP contribution in [0.4, 0.5) is 0 Å². The van der Waals surface area contributed by atoms with Gasteiger partial charge in [0.25, 0.3) is 5.91 Å². The van der Waals surface area contributed by atoms with Gasteiger partial charge in [0.2, 0.25) is 41.4 Å². The molecule has 22 nitrogen and oxygen atoms in total. The number of Topliss-reactive ketones (excluding diaryl/α,β-unsaturated/α-hetero) is 3. The van der Waals surface area contributed by atoms with Crippen LogP contribution in [0.25, 0.3) is 0 Å². The third-order valence-electron chi connectivity index (χ3n) is 19.2. The predicted molar refractivity (Wildman–Crippen MR) is 375 cm³/mol. The molecule has 2 N–H and O–H groups in total. The standard InChI is InChI=1S/C72H127N9O13S/c1-25-27-29-49(15)63(85)62-60(84)41-52(26-2)66(88)80(24)72(95-35-28-30-81-31-33-94-34-32-81)71(93)75(19)55(37-44(5)6)59(83)42-53(47(11)12)67(89)74(18)54(36-43(3)4)58(82)40-50(16)64(86)73-51(17)65(87)76(20)56(38-45(7)8)68(90)77(21)57(39-46(9)10)69(91)78(22)61(48(13)14)70(92)79(62)23/h25,27,43-57,61-63,72,85H,26,28-42H2,1-24H3,(H,73,86)/b27-25+/t49-,50+,51+,52+,53-,54-,55+,56-,57+,61-,62+,63-,72-/m1/s1. The lowest BCUT2D eigenvalue weighted by Crippen LogP contribution is -2.61. The lowest BCUT2D eigenvalue weighted by molar-refractivity contribution is -0.157. The van der Waals surface area contributed by atoms with Gasteiger partial charge in [-0.25, -0.2) is 0 Å². The molecular formula is C72H127N9O13S. The van der Waals surface area contributed by atoms with E-state index in [1.807, 2.05) is 88.3 Å². The Balaban J connectivity index is 3.09. The highest BCUT2D eigenvalue weighted by atomic mass is 32.2. The van der Waals surface area contributed by atoms with Gasteiger partial charge in [-0.2, -0.15) is 0 Å². The van der Waals surface area contributed by atoms with E-state index >= 15 is 33.6 Å². The van der Waals surface area contributed by atoms with E-state index in [1.54, 1.807) is 34.6 Å². The number of likely N-dealkylation sites (N-methyl/N-ethyl adjacent to an activating group) is 7. The number of ketones is 3. The second kappa shape index (κ2) is 40.6. The summed E-state index contributed by atoms with van der Waals surface area (Å²) in [6, 6.07) is -8.23. The number of aliphatic hydroxyl groups is 1. The minimum absolute atomic E-state index is 0.0785. The van der Waals surface area contributed by atoms with Gasteiger partial charge in [0, 0.05) is 99.4 Å². The van der Waals surface area contributed by atoms with Gasteiger partial charge in [0.1, 0.15) is 30.2 Å². The maximum atomic E-state index is 15.5. The molecule has 2 aliphatic rings. The van der Waals surface area contributed by atoms with Crippen LogP contribution in [0.3, 0.4) is 0 Å². The van der Waals surface area contributed by atoms with Crippen molar-refractivity contribution in [2.75, 3.05) is 87.9 Å². The normalized spacial score (nSPS) is 27.5. The fourth-order valence-corrected chi connectivity index (χ4v) is 14.2. The number of carbonyl (C=O) groups excluding carboxylic acids is 11. The molecule has 2 heterocycles. The number of thioether (sulfide) groups is 1. The van der Waals surface area contributed by atoms with Crippen molar-refractivity contribution >= 4 is 76.4 Å². The van der Waals surface area contributed by atoms with E-state index in [2.05, 4.69) is 10.2 Å². The number of ether oxygens (including phenoxy) is 1. The Morgan fingerprint density at radius 2 is 0.979 bits per heavy atom. The van der Waals surface area contributed by atoms with Gasteiger partial charge in [-0.05, 0) is 113 Å². The molecule has 2 aliphatic heterocycles. The molecule has 2 saturated heterocycles. The average Bonchev–Trinajstić information content (AvgIpc) is 0.814. The highest BCUT2D eigenvalue weighted by molar-refractivity contribution is 8.00. The van der Waals surface area contributed by atoms with Crippen LogP contribution in [-0.4, -0.2) is 251 Å². The summed E-state index contributed by atoms with van der Waals surface area (Å²) in [4.78, 5) is 177. The minimum atomic E-state index is -1.52. The van der Waals surface area contributed by atoms with Crippen molar-refractivity contribution in [3.63, 3.8) is 0 Å². The first-order chi connectivity index (χ1) is 44.2. The van der Waals surface area contributed by atoms with Crippen molar-refractivity contribution in [3.05, 3.63) is 12.2 Å². The monoisotopic (exact) mass is 1360 g/mol. The molecule has 2 rings (SSSR count). The average molecular weight is 1360 g/mol.